The minimum Gasteiger partial charge on any atom is -0.547 e. The summed E-state index contributed by atoms with van der Waals surface area (Å²) >= 11 is 0. The van der Waals surface area contributed by atoms with Crippen LogP contribution >= 0.6 is 0 Å². The van der Waals surface area contributed by atoms with Gasteiger partial charge in [-0.05, 0) is 58.8 Å². The third-order valence-corrected chi connectivity index (χ3v) is 4.53. The number of aliphatic hydroxyl groups is 1. The number of rotatable bonds is 4. The summed E-state index contributed by atoms with van der Waals surface area (Å²) in [5, 5.41) is 10.7. The molecule has 1 fully saturated rings. The van der Waals surface area contributed by atoms with Crippen LogP contribution < -0.4 is 0 Å². The minimum atomic E-state index is -1.65. The van der Waals surface area contributed by atoms with E-state index in [-0.39, 0.29) is 12.0 Å². The lowest BCUT2D eigenvalue weighted by Crippen LogP contribution is -2.40. The Labute approximate surface area is 123 Å². The second-order valence-electron chi connectivity index (χ2n) is 7.22. The van der Waals surface area contributed by atoms with Crippen LogP contribution in [0.2, 0.25) is 19.6 Å². The standard InChI is InChI=1S/C15H28O4Si/c1-15(2)17-10-13(18-15)14(16)11-8-6-7-9-12(11)19-20(3,4)5/h9,11,13-14,16H,6-8,10H2,1-5H3/t11-,13+,14-/m0/s1. The molecule has 1 N–H and O–H groups in total. The highest BCUT2D eigenvalue weighted by Crippen LogP contribution is 2.35. The molecule has 2 aliphatic rings. The quantitative estimate of drug-likeness (QED) is 0.811. The molecule has 0 spiro atoms. The first-order valence-corrected chi connectivity index (χ1v) is 11.0. The van der Waals surface area contributed by atoms with E-state index in [1.165, 1.54) is 0 Å². The summed E-state index contributed by atoms with van der Waals surface area (Å²) in [7, 11) is -1.65. The molecule has 0 amide bonds. The van der Waals surface area contributed by atoms with Crippen molar-refractivity contribution in [3.63, 3.8) is 0 Å². The Bertz CT molecular complexity index is 373. The lowest BCUT2D eigenvalue weighted by Gasteiger charge is -2.34. The number of hydrogen-bond donors (Lipinski definition) is 1. The fraction of sp³-hybridized carbons (Fsp3) is 0.867. The molecule has 0 saturated carbocycles. The second-order valence-corrected chi connectivity index (χ2v) is 11.6. The Hall–Kier alpha value is -0.363. The van der Waals surface area contributed by atoms with Crippen LogP contribution in [0.25, 0.3) is 0 Å². The maximum Gasteiger partial charge on any atom is 0.241 e. The predicted molar refractivity (Wildman–Crippen MR) is 80.8 cm³/mol. The largest absolute Gasteiger partial charge is 0.547 e. The van der Waals surface area contributed by atoms with Crippen LogP contribution in [-0.2, 0) is 13.9 Å². The van der Waals surface area contributed by atoms with Crippen LogP contribution in [-0.4, -0.2) is 38.0 Å². The van der Waals surface area contributed by atoms with E-state index in [0.717, 1.165) is 25.0 Å². The van der Waals surface area contributed by atoms with Gasteiger partial charge in [0.05, 0.1) is 18.5 Å². The Kier molecular flexibility index (Phi) is 4.64. The average molecular weight is 300 g/mol. The molecule has 1 heterocycles. The summed E-state index contributed by atoms with van der Waals surface area (Å²) in [6.45, 7) is 10.7. The Morgan fingerprint density at radius 3 is 2.65 bits per heavy atom. The maximum absolute atomic E-state index is 10.7. The van der Waals surface area contributed by atoms with Crippen molar-refractivity contribution in [2.75, 3.05) is 6.61 Å². The SMILES string of the molecule is CC1(C)OC[C@H]([C@@H](O)[C@H]2CCCC=C2O[Si](C)(C)C)O1. The number of aliphatic hydroxyl groups excluding tert-OH is 1. The van der Waals surface area contributed by atoms with Crippen LogP contribution in [0.3, 0.4) is 0 Å². The Morgan fingerprint density at radius 2 is 2.10 bits per heavy atom. The van der Waals surface area contributed by atoms with Gasteiger partial charge in [-0.3, -0.25) is 0 Å². The summed E-state index contributed by atoms with van der Waals surface area (Å²) < 4.78 is 17.5. The number of allylic oxidation sites excluding steroid dienone is 1. The first-order valence-electron chi connectivity index (χ1n) is 7.57. The second kappa shape index (κ2) is 5.79. The van der Waals surface area contributed by atoms with Crippen molar-refractivity contribution in [1.82, 2.24) is 0 Å². The van der Waals surface area contributed by atoms with Gasteiger partial charge in [0, 0.05) is 5.92 Å². The first-order chi connectivity index (χ1) is 9.18. The highest BCUT2D eigenvalue weighted by atomic mass is 28.4. The van der Waals surface area contributed by atoms with Gasteiger partial charge >= 0.3 is 0 Å². The van der Waals surface area contributed by atoms with E-state index in [1.807, 2.05) is 13.8 Å². The van der Waals surface area contributed by atoms with E-state index in [4.69, 9.17) is 13.9 Å². The molecule has 0 aromatic rings. The van der Waals surface area contributed by atoms with E-state index < -0.39 is 20.2 Å². The van der Waals surface area contributed by atoms with E-state index >= 15 is 0 Å². The van der Waals surface area contributed by atoms with Crippen molar-refractivity contribution in [2.45, 2.75) is 70.7 Å². The summed E-state index contributed by atoms with van der Waals surface area (Å²) in [5.41, 5.74) is 0. The zero-order valence-electron chi connectivity index (χ0n) is 13.3. The molecule has 5 heteroatoms. The maximum atomic E-state index is 10.7. The Balaban J connectivity index is 2.05. The summed E-state index contributed by atoms with van der Waals surface area (Å²) in [6, 6.07) is 0. The lowest BCUT2D eigenvalue weighted by atomic mass is 9.87. The van der Waals surface area contributed by atoms with Crippen LogP contribution in [0.5, 0.6) is 0 Å². The first kappa shape index (κ1) is 16.0. The van der Waals surface area contributed by atoms with Gasteiger partial charge < -0.3 is 19.0 Å². The fourth-order valence-corrected chi connectivity index (χ4v) is 3.77. The molecule has 3 atom stereocenters. The molecule has 4 nitrogen and oxygen atoms in total. The molecular formula is C15H28O4Si. The molecule has 0 radical (unpaired) electrons. The van der Waals surface area contributed by atoms with E-state index in [1.54, 1.807) is 0 Å². The van der Waals surface area contributed by atoms with Gasteiger partial charge in [0.15, 0.2) is 5.79 Å². The van der Waals surface area contributed by atoms with Gasteiger partial charge in [-0.1, -0.05) is 0 Å². The van der Waals surface area contributed by atoms with Crippen molar-refractivity contribution < 1.29 is 19.0 Å². The van der Waals surface area contributed by atoms with E-state index in [2.05, 4.69) is 25.7 Å². The monoisotopic (exact) mass is 300 g/mol. The normalized spacial score (nSPS) is 31.8. The molecule has 2 rings (SSSR count). The molecule has 1 aliphatic carbocycles. The van der Waals surface area contributed by atoms with Crippen molar-refractivity contribution in [1.29, 1.82) is 0 Å². The van der Waals surface area contributed by atoms with Crippen LogP contribution in [0, 0.1) is 5.92 Å². The van der Waals surface area contributed by atoms with Crippen LogP contribution in [0.1, 0.15) is 33.1 Å². The number of ether oxygens (including phenoxy) is 2. The van der Waals surface area contributed by atoms with Gasteiger partial charge in [-0.25, -0.2) is 0 Å². The molecule has 0 aromatic heterocycles. The zero-order valence-corrected chi connectivity index (χ0v) is 14.3. The van der Waals surface area contributed by atoms with Gasteiger partial charge in [0.25, 0.3) is 0 Å². The predicted octanol–water partition coefficient (Wildman–Crippen LogP) is 3.03. The van der Waals surface area contributed by atoms with Crippen molar-refractivity contribution >= 4 is 8.32 Å². The highest BCUT2D eigenvalue weighted by Gasteiger charge is 2.42. The molecule has 1 aliphatic heterocycles. The summed E-state index contributed by atoms with van der Waals surface area (Å²) in [5.74, 6) is 0.415. The third-order valence-electron chi connectivity index (χ3n) is 3.68. The minimum absolute atomic E-state index is 0.0398. The average Bonchev–Trinajstić information content (AvgIpc) is 2.67. The van der Waals surface area contributed by atoms with Crippen LogP contribution in [0.4, 0.5) is 0 Å². The molecule has 0 unspecified atom stereocenters. The number of hydrogen-bond acceptors (Lipinski definition) is 4. The van der Waals surface area contributed by atoms with E-state index in [9.17, 15) is 5.11 Å². The van der Waals surface area contributed by atoms with Crippen LogP contribution in [0.15, 0.2) is 11.8 Å². The topological polar surface area (TPSA) is 47.9 Å². The smallest absolute Gasteiger partial charge is 0.241 e. The summed E-state index contributed by atoms with van der Waals surface area (Å²) in [4.78, 5) is 0. The van der Waals surface area contributed by atoms with Gasteiger partial charge in [0.1, 0.15) is 6.10 Å². The summed E-state index contributed by atoms with van der Waals surface area (Å²) in [6.07, 6.45) is 4.42. The molecule has 1 saturated heterocycles. The van der Waals surface area contributed by atoms with Crippen molar-refractivity contribution in [2.24, 2.45) is 5.92 Å². The molecule has 0 bridgehead atoms. The molecule has 20 heavy (non-hydrogen) atoms. The fourth-order valence-electron chi connectivity index (χ4n) is 2.83. The van der Waals surface area contributed by atoms with Crippen molar-refractivity contribution in [3.05, 3.63) is 11.8 Å². The van der Waals surface area contributed by atoms with Crippen molar-refractivity contribution in [3.8, 4) is 0 Å². The van der Waals surface area contributed by atoms with Gasteiger partial charge in [-0.2, -0.15) is 0 Å². The van der Waals surface area contributed by atoms with Gasteiger partial charge in [0.2, 0.25) is 8.32 Å². The highest BCUT2D eigenvalue weighted by molar-refractivity contribution is 6.70. The molecular weight excluding hydrogens is 272 g/mol. The van der Waals surface area contributed by atoms with Gasteiger partial charge in [-0.15, -0.1) is 0 Å². The molecule has 116 valence electrons. The third kappa shape index (κ3) is 4.07. The Morgan fingerprint density at radius 1 is 1.40 bits per heavy atom. The zero-order chi connectivity index (χ0) is 15.0. The van der Waals surface area contributed by atoms with E-state index in [0.29, 0.717) is 6.61 Å². The lowest BCUT2D eigenvalue weighted by molar-refractivity contribution is -0.155. The molecule has 0 aromatic carbocycles.